The minimum Gasteiger partial charge on any atom is -0.508 e. The van der Waals surface area contributed by atoms with Crippen LogP contribution in [0.4, 0.5) is 0 Å². The molecule has 0 radical (unpaired) electrons. The standard InChI is InChI=1S/C12H15NO2/c1-12(11(15)3-2-8-13-12)9-4-6-10(14)7-5-9/h4-7,13-14H,2-3,8H2,1H3. The Morgan fingerprint density at radius 1 is 1.33 bits per heavy atom. The Balaban J connectivity index is 2.35. The fourth-order valence-electron chi connectivity index (χ4n) is 1.99. The minimum atomic E-state index is -0.577. The van der Waals surface area contributed by atoms with E-state index >= 15 is 0 Å². The van der Waals surface area contributed by atoms with E-state index in [1.54, 1.807) is 24.3 Å². The highest BCUT2D eigenvalue weighted by Crippen LogP contribution is 2.27. The zero-order chi connectivity index (χ0) is 10.9. The van der Waals surface area contributed by atoms with Crippen LogP contribution in [0, 0.1) is 0 Å². The topological polar surface area (TPSA) is 49.3 Å². The summed E-state index contributed by atoms with van der Waals surface area (Å²) in [6.45, 7) is 2.77. The van der Waals surface area contributed by atoms with Crippen LogP contribution in [0.2, 0.25) is 0 Å². The molecule has 1 aliphatic heterocycles. The van der Waals surface area contributed by atoms with Crippen molar-refractivity contribution in [2.75, 3.05) is 6.54 Å². The van der Waals surface area contributed by atoms with Gasteiger partial charge in [-0.05, 0) is 37.6 Å². The third-order valence-corrected chi connectivity index (χ3v) is 3.06. The van der Waals surface area contributed by atoms with Crippen molar-refractivity contribution in [1.29, 1.82) is 0 Å². The largest absolute Gasteiger partial charge is 0.508 e. The Morgan fingerprint density at radius 3 is 2.60 bits per heavy atom. The second-order valence-electron chi connectivity index (χ2n) is 4.13. The lowest BCUT2D eigenvalue weighted by atomic mass is 9.83. The second kappa shape index (κ2) is 3.66. The van der Waals surface area contributed by atoms with Crippen molar-refractivity contribution >= 4 is 5.78 Å². The highest BCUT2D eigenvalue weighted by molar-refractivity contribution is 5.89. The van der Waals surface area contributed by atoms with E-state index < -0.39 is 5.54 Å². The van der Waals surface area contributed by atoms with Crippen molar-refractivity contribution < 1.29 is 9.90 Å². The Morgan fingerprint density at radius 2 is 2.00 bits per heavy atom. The Bertz CT molecular complexity index is 372. The van der Waals surface area contributed by atoms with Gasteiger partial charge in [-0.1, -0.05) is 12.1 Å². The number of ketones is 1. The summed E-state index contributed by atoms with van der Waals surface area (Å²) in [4.78, 5) is 11.9. The number of hydrogen-bond acceptors (Lipinski definition) is 3. The van der Waals surface area contributed by atoms with E-state index in [-0.39, 0.29) is 11.5 Å². The Kier molecular flexibility index (Phi) is 2.49. The zero-order valence-electron chi connectivity index (χ0n) is 8.79. The number of nitrogens with one attached hydrogen (secondary N) is 1. The fourth-order valence-corrected chi connectivity index (χ4v) is 1.99. The SMILES string of the molecule is CC1(c2ccc(O)cc2)NCCCC1=O. The molecule has 1 heterocycles. The zero-order valence-corrected chi connectivity index (χ0v) is 8.79. The molecule has 2 rings (SSSR count). The van der Waals surface area contributed by atoms with Crippen LogP contribution >= 0.6 is 0 Å². The summed E-state index contributed by atoms with van der Waals surface area (Å²) in [7, 11) is 0. The number of rotatable bonds is 1. The van der Waals surface area contributed by atoms with Gasteiger partial charge in [-0.2, -0.15) is 0 Å². The third kappa shape index (κ3) is 1.75. The summed E-state index contributed by atoms with van der Waals surface area (Å²) in [6, 6.07) is 6.82. The molecular formula is C12H15NO2. The maximum atomic E-state index is 11.9. The van der Waals surface area contributed by atoms with Gasteiger partial charge in [-0.15, -0.1) is 0 Å². The molecule has 1 unspecified atom stereocenters. The maximum absolute atomic E-state index is 11.9. The van der Waals surface area contributed by atoms with Crippen molar-refractivity contribution in [2.24, 2.45) is 0 Å². The van der Waals surface area contributed by atoms with Crippen molar-refractivity contribution in [1.82, 2.24) is 5.32 Å². The van der Waals surface area contributed by atoms with Gasteiger partial charge in [0.1, 0.15) is 11.3 Å². The molecule has 0 saturated carbocycles. The summed E-state index contributed by atoms with van der Waals surface area (Å²) in [5, 5.41) is 12.4. The quantitative estimate of drug-likeness (QED) is 0.731. The van der Waals surface area contributed by atoms with E-state index in [0.717, 1.165) is 18.5 Å². The predicted octanol–water partition coefficient (Wildman–Crippen LogP) is 1.56. The van der Waals surface area contributed by atoms with Gasteiger partial charge in [0, 0.05) is 6.42 Å². The summed E-state index contributed by atoms with van der Waals surface area (Å²) in [5.41, 5.74) is 0.344. The highest BCUT2D eigenvalue weighted by Gasteiger charge is 2.36. The van der Waals surface area contributed by atoms with Crippen molar-refractivity contribution in [3.05, 3.63) is 29.8 Å². The third-order valence-electron chi connectivity index (χ3n) is 3.06. The molecule has 1 aliphatic rings. The van der Waals surface area contributed by atoms with Gasteiger partial charge in [0.15, 0.2) is 5.78 Å². The normalized spacial score (nSPS) is 26.6. The Labute approximate surface area is 89.1 Å². The lowest BCUT2D eigenvalue weighted by Crippen LogP contribution is -2.50. The smallest absolute Gasteiger partial charge is 0.157 e. The van der Waals surface area contributed by atoms with Crippen LogP contribution in [0.15, 0.2) is 24.3 Å². The molecule has 1 aromatic carbocycles. The summed E-state index contributed by atoms with van der Waals surface area (Å²) < 4.78 is 0. The first kappa shape index (κ1) is 10.2. The second-order valence-corrected chi connectivity index (χ2v) is 4.13. The van der Waals surface area contributed by atoms with Crippen molar-refractivity contribution in [3.63, 3.8) is 0 Å². The summed E-state index contributed by atoms with van der Waals surface area (Å²) in [5.74, 6) is 0.449. The maximum Gasteiger partial charge on any atom is 0.157 e. The van der Waals surface area contributed by atoms with Gasteiger partial charge >= 0.3 is 0 Å². The monoisotopic (exact) mass is 205 g/mol. The van der Waals surface area contributed by atoms with Gasteiger partial charge in [-0.25, -0.2) is 0 Å². The molecule has 2 N–H and O–H groups in total. The molecule has 3 nitrogen and oxygen atoms in total. The van der Waals surface area contributed by atoms with E-state index in [1.165, 1.54) is 0 Å². The number of hydrogen-bond donors (Lipinski definition) is 2. The van der Waals surface area contributed by atoms with E-state index in [1.807, 2.05) is 6.92 Å². The van der Waals surface area contributed by atoms with Crippen molar-refractivity contribution in [2.45, 2.75) is 25.3 Å². The molecular weight excluding hydrogens is 190 g/mol. The van der Waals surface area contributed by atoms with Gasteiger partial charge in [-0.3, -0.25) is 4.79 Å². The number of Topliss-reactive ketones (excluding diaryl/α,β-unsaturated/α-hetero) is 1. The number of phenolic OH excluding ortho intramolecular Hbond substituents is 1. The van der Waals surface area contributed by atoms with Crippen LogP contribution in [0.1, 0.15) is 25.3 Å². The first-order valence-corrected chi connectivity index (χ1v) is 5.21. The molecule has 1 aromatic rings. The van der Waals surface area contributed by atoms with Crippen LogP contribution < -0.4 is 5.32 Å². The fraction of sp³-hybridized carbons (Fsp3) is 0.417. The molecule has 0 aromatic heterocycles. The molecule has 1 atom stereocenters. The number of phenols is 1. The Hall–Kier alpha value is -1.35. The van der Waals surface area contributed by atoms with Crippen LogP contribution in [0.25, 0.3) is 0 Å². The molecule has 0 spiro atoms. The molecule has 0 bridgehead atoms. The van der Waals surface area contributed by atoms with E-state index in [9.17, 15) is 9.90 Å². The highest BCUT2D eigenvalue weighted by atomic mass is 16.3. The van der Waals surface area contributed by atoms with Crippen molar-refractivity contribution in [3.8, 4) is 5.75 Å². The van der Waals surface area contributed by atoms with E-state index in [0.29, 0.717) is 6.42 Å². The predicted molar refractivity (Wildman–Crippen MR) is 57.7 cm³/mol. The van der Waals surface area contributed by atoms with E-state index in [4.69, 9.17) is 0 Å². The number of carbonyl (C=O) groups is 1. The molecule has 0 aliphatic carbocycles. The van der Waals surface area contributed by atoms with Crippen LogP contribution in [-0.2, 0) is 10.3 Å². The van der Waals surface area contributed by atoms with Gasteiger partial charge in [0.25, 0.3) is 0 Å². The number of piperidine rings is 1. The van der Waals surface area contributed by atoms with E-state index in [2.05, 4.69) is 5.32 Å². The van der Waals surface area contributed by atoms with Crippen LogP contribution in [0.5, 0.6) is 5.75 Å². The van der Waals surface area contributed by atoms with Gasteiger partial charge in [0.2, 0.25) is 0 Å². The molecule has 0 amide bonds. The van der Waals surface area contributed by atoms with Gasteiger partial charge in [0.05, 0.1) is 0 Å². The minimum absolute atomic E-state index is 0.222. The van der Waals surface area contributed by atoms with Crippen LogP contribution in [-0.4, -0.2) is 17.4 Å². The number of carbonyl (C=O) groups excluding carboxylic acids is 1. The molecule has 1 fully saturated rings. The summed E-state index contributed by atoms with van der Waals surface area (Å²) >= 11 is 0. The van der Waals surface area contributed by atoms with Gasteiger partial charge < -0.3 is 10.4 Å². The lowest BCUT2D eigenvalue weighted by Gasteiger charge is -2.33. The first-order valence-electron chi connectivity index (χ1n) is 5.21. The summed E-state index contributed by atoms with van der Waals surface area (Å²) in [6.07, 6.45) is 1.54. The molecule has 3 heteroatoms. The first-order chi connectivity index (χ1) is 7.13. The molecule has 80 valence electrons. The number of benzene rings is 1. The van der Waals surface area contributed by atoms with Crippen LogP contribution in [0.3, 0.4) is 0 Å². The number of aromatic hydroxyl groups is 1. The lowest BCUT2D eigenvalue weighted by molar-refractivity contribution is -0.126. The average molecular weight is 205 g/mol. The average Bonchev–Trinajstić information content (AvgIpc) is 2.23. The molecule has 15 heavy (non-hydrogen) atoms. The molecule has 1 saturated heterocycles.